The third-order valence-electron chi connectivity index (χ3n) is 3.82. The van der Waals surface area contributed by atoms with Crippen LogP contribution in [-0.4, -0.2) is 17.6 Å². The van der Waals surface area contributed by atoms with E-state index in [4.69, 9.17) is 4.74 Å². The summed E-state index contributed by atoms with van der Waals surface area (Å²) in [5.74, 6) is 0.778. The zero-order chi connectivity index (χ0) is 20.9. The van der Waals surface area contributed by atoms with Gasteiger partial charge in [0.1, 0.15) is 5.75 Å². The maximum atomic E-state index is 12.6. The van der Waals surface area contributed by atoms with Crippen molar-refractivity contribution < 1.29 is 22.7 Å². The largest absolute Gasteiger partial charge is 0.494 e. The molecule has 0 bridgehead atoms. The van der Waals surface area contributed by atoms with Crippen molar-refractivity contribution in [1.29, 1.82) is 0 Å². The van der Waals surface area contributed by atoms with E-state index in [2.05, 4.69) is 15.6 Å². The molecular weight excluding hydrogens is 403 g/mol. The van der Waals surface area contributed by atoms with Crippen molar-refractivity contribution >= 4 is 28.2 Å². The van der Waals surface area contributed by atoms with Crippen LogP contribution in [0.1, 0.15) is 18.9 Å². The minimum absolute atomic E-state index is 0.245. The summed E-state index contributed by atoms with van der Waals surface area (Å²) in [6.07, 6.45) is -3.49. The first-order valence-electron chi connectivity index (χ1n) is 8.79. The minimum Gasteiger partial charge on any atom is -0.494 e. The van der Waals surface area contributed by atoms with E-state index >= 15 is 0 Å². The molecule has 9 heteroatoms. The second-order valence-electron chi connectivity index (χ2n) is 6.06. The van der Waals surface area contributed by atoms with Crippen molar-refractivity contribution in [3.05, 3.63) is 59.5 Å². The van der Waals surface area contributed by atoms with Crippen molar-refractivity contribution in [3.63, 3.8) is 0 Å². The van der Waals surface area contributed by atoms with Gasteiger partial charge in [0.05, 0.1) is 17.9 Å². The van der Waals surface area contributed by atoms with Crippen molar-refractivity contribution in [2.45, 2.75) is 19.5 Å². The minimum atomic E-state index is -4.42. The number of aromatic nitrogens is 1. The number of rotatable bonds is 6. The zero-order valence-corrected chi connectivity index (χ0v) is 16.2. The van der Waals surface area contributed by atoms with Crippen LogP contribution >= 0.6 is 11.3 Å². The van der Waals surface area contributed by atoms with Crippen molar-refractivity contribution in [2.24, 2.45) is 0 Å². The first kappa shape index (κ1) is 20.7. The van der Waals surface area contributed by atoms with Gasteiger partial charge in [0, 0.05) is 16.6 Å². The highest BCUT2D eigenvalue weighted by Crippen LogP contribution is 2.30. The summed E-state index contributed by atoms with van der Waals surface area (Å²) in [7, 11) is 0. The van der Waals surface area contributed by atoms with Gasteiger partial charge in [-0.15, -0.1) is 11.3 Å². The lowest BCUT2D eigenvalue weighted by atomic mass is 10.2. The molecule has 3 rings (SSSR count). The Kier molecular flexibility index (Phi) is 6.38. The zero-order valence-electron chi connectivity index (χ0n) is 15.4. The van der Waals surface area contributed by atoms with Gasteiger partial charge in [-0.3, -0.25) is 5.32 Å². The molecule has 0 saturated carbocycles. The number of nitrogens with zero attached hydrogens (tertiary/aromatic N) is 1. The lowest BCUT2D eigenvalue weighted by Crippen LogP contribution is -2.19. The highest BCUT2D eigenvalue weighted by molar-refractivity contribution is 7.14. The van der Waals surface area contributed by atoms with E-state index in [1.165, 1.54) is 23.5 Å². The van der Waals surface area contributed by atoms with E-state index in [9.17, 15) is 18.0 Å². The van der Waals surface area contributed by atoms with Crippen LogP contribution in [0.2, 0.25) is 0 Å². The van der Waals surface area contributed by atoms with Gasteiger partial charge in [0.15, 0.2) is 5.13 Å². The monoisotopic (exact) mass is 421 g/mol. The summed E-state index contributed by atoms with van der Waals surface area (Å²) in [5, 5.41) is 7.23. The van der Waals surface area contributed by atoms with Gasteiger partial charge in [0.25, 0.3) is 0 Å². The van der Waals surface area contributed by atoms with E-state index in [1.54, 1.807) is 5.38 Å². The van der Waals surface area contributed by atoms with Crippen LogP contribution in [0.4, 0.5) is 28.8 Å². The number of ether oxygens (including phenoxy) is 1. The number of halogens is 3. The van der Waals surface area contributed by atoms with E-state index < -0.39 is 17.8 Å². The Bertz CT molecular complexity index is 954. The highest BCUT2D eigenvalue weighted by Gasteiger charge is 2.30. The number of hydrogen-bond acceptors (Lipinski definition) is 4. The normalized spacial score (nSPS) is 11.2. The number of carbonyl (C=O) groups is 1. The van der Waals surface area contributed by atoms with E-state index in [1.807, 2.05) is 31.2 Å². The van der Waals surface area contributed by atoms with Crippen molar-refractivity contribution in [3.8, 4) is 17.0 Å². The maximum absolute atomic E-state index is 12.6. The third-order valence-corrected chi connectivity index (χ3v) is 4.58. The standard InChI is InChI=1S/C20H18F3N3O2S/c1-2-11-28-16-9-3-13(4-10-16)17-12-29-19(25-17)26-18(27)24-15-7-5-14(6-8-15)20(21,22)23/h3-10,12H,2,11H2,1H3,(H2,24,25,26,27). The fourth-order valence-electron chi connectivity index (χ4n) is 2.41. The van der Waals surface area contributed by atoms with E-state index in [-0.39, 0.29) is 5.69 Å². The van der Waals surface area contributed by atoms with Crippen LogP contribution in [0.3, 0.4) is 0 Å². The van der Waals surface area contributed by atoms with Crippen LogP contribution < -0.4 is 15.4 Å². The Balaban J connectivity index is 1.58. The number of thiazole rings is 1. The number of amides is 2. The number of anilines is 2. The van der Waals surface area contributed by atoms with Gasteiger partial charge < -0.3 is 10.1 Å². The fourth-order valence-corrected chi connectivity index (χ4v) is 3.12. The summed E-state index contributed by atoms with van der Waals surface area (Å²) in [4.78, 5) is 16.4. The van der Waals surface area contributed by atoms with Gasteiger partial charge in [0.2, 0.25) is 0 Å². The average molecular weight is 421 g/mol. The van der Waals surface area contributed by atoms with Gasteiger partial charge in [-0.2, -0.15) is 13.2 Å². The second kappa shape index (κ2) is 8.95. The first-order valence-corrected chi connectivity index (χ1v) is 9.67. The molecule has 5 nitrogen and oxygen atoms in total. The van der Waals surface area contributed by atoms with Gasteiger partial charge in [-0.1, -0.05) is 6.92 Å². The molecule has 3 aromatic rings. The Labute approximate surface area is 169 Å². The Morgan fingerprint density at radius 1 is 1.07 bits per heavy atom. The maximum Gasteiger partial charge on any atom is 0.416 e. The lowest BCUT2D eigenvalue weighted by Gasteiger charge is -2.08. The molecule has 0 aliphatic carbocycles. The molecule has 0 radical (unpaired) electrons. The molecule has 0 saturated heterocycles. The summed E-state index contributed by atoms with van der Waals surface area (Å²) >= 11 is 1.24. The van der Waals surface area contributed by atoms with Crippen LogP contribution in [0, 0.1) is 0 Å². The highest BCUT2D eigenvalue weighted by atomic mass is 32.1. The number of alkyl halides is 3. The van der Waals surface area contributed by atoms with Crippen molar-refractivity contribution in [2.75, 3.05) is 17.2 Å². The lowest BCUT2D eigenvalue weighted by molar-refractivity contribution is -0.137. The Morgan fingerprint density at radius 2 is 1.76 bits per heavy atom. The van der Waals surface area contributed by atoms with Crippen LogP contribution in [0.5, 0.6) is 5.75 Å². The van der Waals surface area contributed by atoms with Gasteiger partial charge >= 0.3 is 12.2 Å². The number of hydrogen-bond donors (Lipinski definition) is 2. The number of nitrogens with one attached hydrogen (secondary N) is 2. The molecule has 0 fully saturated rings. The van der Waals surface area contributed by atoms with Crippen molar-refractivity contribution in [1.82, 2.24) is 4.98 Å². The molecule has 29 heavy (non-hydrogen) atoms. The molecule has 2 aromatic carbocycles. The predicted molar refractivity (Wildman–Crippen MR) is 107 cm³/mol. The Hall–Kier alpha value is -3.07. The van der Waals surface area contributed by atoms with Crippen LogP contribution in [-0.2, 0) is 6.18 Å². The summed E-state index contributed by atoms with van der Waals surface area (Å²) < 4.78 is 43.3. The smallest absolute Gasteiger partial charge is 0.416 e. The SMILES string of the molecule is CCCOc1ccc(-c2csc(NC(=O)Nc3ccc(C(F)(F)F)cc3)n2)cc1. The number of benzene rings is 2. The molecular formula is C20H18F3N3O2S. The molecule has 2 amide bonds. The quantitative estimate of drug-likeness (QED) is 0.494. The summed E-state index contributed by atoms with van der Waals surface area (Å²) in [5.41, 5.74) is 1.04. The summed E-state index contributed by atoms with van der Waals surface area (Å²) in [6, 6.07) is 11.1. The van der Waals surface area contributed by atoms with Gasteiger partial charge in [-0.25, -0.2) is 9.78 Å². The molecule has 0 unspecified atom stereocenters. The molecule has 0 aliphatic heterocycles. The number of urea groups is 1. The Morgan fingerprint density at radius 3 is 2.38 bits per heavy atom. The second-order valence-corrected chi connectivity index (χ2v) is 6.92. The molecule has 1 heterocycles. The fraction of sp³-hybridized carbons (Fsp3) is 0.200. The third kappa shape index (κ3) is 5.71. The molecule has 152 valence electrons. The van der Waals surface area contributed by atoms with E-state index in [0.29, 0.717) is 17.4 Å². The molecule has 2 N–H and O–H groups in total. The molecule has 0 spiro atoms. The molecule has 0 atom stereocenters. The average Bonchev–Trinajstić information content (AvgIpc) is 3.14. The topological polar surface area (TPSA) is 63.2 Å². The predicted octanol–water partition coefficient (Wildman–Crippen LogP) is 6.26. The summed E-state index contributed by atoms with van der Waals surface area (Å²) in [6.45, 7) is 2.68. The van der Waals surface area contributed by atoms with Gasteiger partial charge in [-0.05, 0) is 55.0 Å². The molecule has 0 aliphatic rings. The number of carbonyl (C=O) groups excluding carboxylic acids is 1. The molecule has 1 aromatic heterocycles. The van der Waals surface area contributed by atoms with Crippen LogP contribution in [0.25, 0.3) is 11.3 Å². The van der Waals surface area contributed by atoms with E-state index in [0.717, 1.165) is 29.9 Å². The van der Waals surface area contributed by atoms with Crippen LogP contribution in [0.15, 0.2) is 53.9 Å². The first-order chi connectivity index (χ1) is 13.8.